The minimum atomic E-state index is -0.578. The summed E-state index contributed by atoms with van der Waals surface area (Å²) in [5, 5.41) is 7.13. The fourth-order valence-corrected chi connectivity index (χ4v) is 4.74. The van der Waals surface area contributed by atoms with E-state index < -0.39 is 5.60 Å². The first-order valence-corrected chi connectivity index (χ1v) is 13.4. The Balaban J connectivity index is 0.00000172. The molecule has 1 aliphatic heterocycles. The SMILES string of the molecule is CC.CC(C)(C)OC(=O)N1CCCC(n2cc(-c3ccc(Oc4ccccc4)cc3)c3c(N)n[nH]c(=O)c32)C1. The summed E-state index contributed by atoms with van der Waals surface area (Å²) >= 11 is 0. The molecule has 1 amide bonds. The number of nitrogen functional groups attached to an aromatic ring is 1. The normalized spacial score (nSPS) is 15.4. The molecule has 39 heavy (non-hydrogen) atoms. The van der Waals surface area contributed by atoms with Gasteiger partial charge in [0.25, 0.3) is 5.56 Å². The van der Waals surface area contributed by atoms with E-state index in [4.69, 9.17) is 15.2 Å². The first-order valence-electron chi connectivity index (χ1n) is 13.4. The van der Waals surface area contributed by atoms with Gasteiger partial charge in [-0.1, -0.05) is 44.2 Å². The number of H-pyrrole nitrogens is 1. The lowest BCUT2D eigenvalue weighted by Crippen LogP contribution is -2.43. The number of hydrogen-bond donors (Lipinski definition) is 2. The van der Waals surface area contributed by atoms with Crippen LogP contribution in [0, 0.1) is 0 Å². The molecule has 0 aliphatic carbocycles. The van der Waals surface area contributed by atoms with Crippen LogP contribution in [0.5, 0.6) is 11.5 Å². The van der Waals surface area contributed by atoms with Crippen LogP contribution >= 0.6 is 0 Å². The molecular formula is C30H37N5O4. The van der Waals surface area contributed by atoms with Gasteiger partial charge in [-0.3, -0.25) is 4.79 Å². The third-order valence-corrected chi connectivity index (χ3v) is 6.37. The van der Waals surface area contributed by atoms with Crippen LogP contribution in [0.25, 0.3) is 22.0 Å². The van der Waals surface area contributed by atoms with E-state index in [1.54, 1.807) is 4.90 Å². The quantitative estimate of drug-likeness (QED) is 0.316. The van der Waals surface area contributed by atoms with E-state index in [-0.39, 0.29) is 23.5 Å². The van der Waals surface area contributed by atoms with E-state index in [0.717, 1.165) is 29.7 Å². The molecule has 3 N–H and O–H groups in total. The van der Waals surface area contributed by atoms with Gasteiger partial charge in [0.1, 0.15) is 22.6 Å². The van der Waals surface area contributed by atoms with Crippen molar-refractivity contribution in [1.29, 1.82) is 0 Å². The molecular weight excluding hydrogens is 494 g/mol. The van der Waals surface area contributed by atoms with Gasteiger partial charge >= 0.3 is 6.09 Å². The monoisotopic (exact) mass is 531 g/mol. The van der Waals surface area contributed by atoms with Crippen molar-refractivity contribution >= 4 is 22.8 Å². The predicted molar refractivity (Wildman–Crippen MR) is 154 cm³/mol. The summed E-state index contributed by atoms with van der Waals surface area (Å²) in [4.78, 5) is 27.4. The summed E-state index contributed by atoms with van der Waals surface area (Å²) < 4.78 is 13.4. The van der Waals surface area contributed by atoms with Crippen molar-refractivity contribution in [2.75, 3.05) is 18.8 Å². The Morgan fingerprint density at radius 1 is 1.05 bits per heavy atom. The fourth-order valence-electron chi connectivity index (χ4n) is 4.74. The standard InChI is InChI=1S/C28H31N5O4.C2H6/c1-28(2,3)37-27(35)32-15-7-8-19(16-32)33-17-22(23-24(33)26(34)31-30-25(23)29)18-11-13-21(14-12-18)36-20-9-5-4-6-10-20;1-2/h4-6,9-14,17,19H,7-8,15-16H2,1-3H3,(H2,29,30)(H,31,34);1-2H3. The van der Waals surface area contributed by atoms with Gasteiger partial charge in [0, 0.05) is 24.8 Å². The number of nitrogens with zero attached hydrogens (tertiary/aromatic N) is 3. The Bertz CT molecular complexity index is 1470. The number of fused-ring (bicyclic) bond motifs is 1. The number of anilines is 1. The van der Waals surface area contributed by atoms with Crippen molar-refractivity contribution in [3.63, 3.8) is 0 Å². The number of para-hydroxylation sites is 1. The summed E-state index contributed by atoms with van der Waals surface area (Å²) in [5.41, 5.74) is 7.50. The molecule has 1 atom stereocenters. The van der Waals surface area contributed by atoms with Crippen LogP contribution in [0.1, 0.15) is 53.5 Å². The maximum absolute atomic E-state index is 13.0. The van der Waals surface area contributed by atoms with E-state index in [1.165, 1.54) is 0 Å². The van der Waals surface area contributed by atoms with Crippen LogP contribution in [0.3, 0.4) is 0 Å². The number of nitrogens with two attached hydrogens (primary N) is 1. The van der Waals surface area contributed by atoms with Crippen molar-refractivity contribution in [2.24, 2.45) is 0 Å². The lowest BCUT2D eigenvalue weighted by Gasteiger charge is -2.35. The Labute approximate surface area is 228 Å². The largest absolute Gasteiger partial charge is 0.457 e. The zero-order chi connectivity index (χ0) is 28.2. The molecule has 1 saturated heterocycles. The molecule has 3 heterocycles. The minimum Gasteiger partial charge on any atom is -0.457 e. The molecule has 1 fully saturated rings. The zero-order valence-corrected chi connectivity index (χ0v) is 23.2. The van der Waals surface area contributed by atoms with Gasteiger partial charge in [-0.2, -0.15) is 5.10 Å². The Hall–Kier alpha value is -4.27. The summed E-state index contributed by atoms with van der Waals surface area (Å²) in [5.74, 6) is 1.69. The smallest absolute Gasteiger partial charge is 0.410 e. The van der Waals surface area contributed by atoms with Crippen LogP contribution in [0.15, 0.2) is 65.6 Å². The number of carbonyl (C=O) groups is 1. The number of hydrogen-bond acceptors (Lipinski definition) is 6. The summed E-state index contributed by atoms with van der Waals surface area (Å²) in [7, 11) is 0. The average Bonchev–Trinajstić information content (AvgIpc) is 3.34. The molecule has 0 spiro atoms. The summed E-state index contributed by atoms with van der Waals surface area (Å²) in [6.45, 7) is 10.6. The highest BCUT2D eigenvalue weighted by molar-refractivity contribution is 6.02. The maximum Gasteiger partial charge on any atom is 0.410 e. The van der Waals surface area contributed by atoms with E-state index in [1.807, 2.05) is 100.0 Å². The molecule has 5 rings (SSSR count). The number of aromatic nitrogens is 3. The molecule has 9 nitrogen and oxygen atoms in total. The first kappa shape index (κ1) is 27.8. The average molecular weight is 532 g/mol. The highest BCUT2D eigenvalue weighted by Gasteiger charge is 2.30. The topological polar surface area (TPSA) is 115 Å². The van der Waals surface area contributed by atoms with Gasteiger partial charge in [-0.25, -0.2) is 9.89 Å². The van der Waals surface area contributed by atoms with E-state index in [2.05, 4.69) is 10.2 Å². The molecule has 1 unspecified atom stereocenters. The predicted octanol–water partition coefficient (Wildman–Crippen LogP) is 6.36. The summed E-state index contributed by atoms with van der Waals surface area (Å²) in [6, 6.07) is 17.1. The Kier molecular flexibility index (Phi) is 8.28. The van der Waals surface area contributed by atoms with Gasteiger partial charge in [-0.15, -0.1) is 0 Å². The van der Waals surface area contributed by atoms with Crippen molar-refractivity contribution in [3.8, 4) is 22.6 Å². The molecule has 0 saturated carbocycles. The molecule has 2 aromatic carbocycles. The second-order valence-corrected chi connectivity index (χ2v) is 10.3. The zero-order valence-electron chi connectivity index (χ0n) is 23.2. The lowest BCUT2D eigenvalue weighted by atomic mass is 10.1. The molecule has 9 heteroatoms. The fraction of sp³-hybridized carbons (Fsp3) is 0.367. The highest BCUT2D eigenvalue weighted by atomic mass is 16.6. The molecule has 0 radical (unpaired) electrons. The Morgan fingerprint density at radius 2 is 1.72 bits per heavy atom. The van der Waals surface area contributed by atoms with Crippen molar-refractivity contribution in [2.45, 2.75) is 59.1 Å². The number of piperidine rings is 1. The minimum absolute atomic E-state index is 0.110. The van der Waals surface area contributed by atoms with Crippen molar-refractivity contribution < 1.29 is 14.3 Å². The van der Waals surface area contributed by atoms with Crippen LogP contribution < -0.4 is 16.0 Å². The number of likely N-dealkylation sites (tertiary alicyclic amines) is 1. The second kappa shape index (κ2) is 11.6. The number of amides is 1. The third kappa shape index (κ3) is 6.25. The van der Waals surface area contributed by atoms with Gasteiger partial charge < -0.3 is 24.7 Å². The third-order valence-electron chi connectivity index (χ3n) is 6.37. The van der Waals surface area contributed by atoms with Crippen molar-refractivity contribution in [3.05, 3.63) is 71.1 Å². The van der Waals surface area contributed by atoms with Crippen LogP contribution in [0.2, 0.25) is 0 Å². The van der Waals surface area contributed by atoms with Crippen LogP contribution in [0.4, 0.5) is 10.6 Å². The highest BCUT2D eigenvalue weighted by Crippen LogP contribution is 2.36. The van der Waals surface area contributed by atoms with Crippen LogP contribution in [-0.2, 0) is 4.74 Å². The number of rotatable bonds is 4. The molecule has 206 valence electrons. The number of aromatic amines is 1. The molecule has 0 bridgehead atoms. The van der Waals surface area contributed by atoms with Gasteiger partial charge in [0.05, 0.1) is 11.4 Å². The Morgan fingerprint density at radius 3 is 2.38 bits per heavy atom. The second-order valence-electron chi connectivity index (χ2n) is 10.3. The van der Waals surface area contributed by atoms with Gasteiger partial charge in [-0.05, 0) is 63.4 Å². The van der Waals surface area contributed by atoms with Crippen LogP contribution in [-0.4, -0.2) is 44.4 Å². The maximum atomic E-state index is 13.0. The summed E-state index contributed by atoms with van der Waals surface area (Å²) in [6.07, 6.45) is 3.20. The van der Waals surface area contributed by atoms with E-state index >= 15 is 0 Å². The molecule has 1 aliphatic rings. The van der Waals surface area contributed by atoms with E-state index in [0.29, 0.717) is 29.7 Å². The van der Waals surface area contributed by atoms with Crippen molar-refractivity contribution in [1.82, 2.24) is 19.7 Å². The first-order chi connectivity index (χ1) is 18.7. The molecule has 2 aromatic heterocycles. The molecule has 4 aromatic rings. The number of carbonyl (C=O) groups excluding carboxylic acids is 1. The van der Waals surface area contributed by atoms with Gasteiger partial charge in [0.2, 0.25) is 0 Å². The number of benzene rings is 2. The number of nitrogens with one attached hydrogen (secondary N) is 1. The van der Waals surface area contributed by atoms with Gasteiger partial charge in [0.15, 0.2) is 5.82 Å². The lowest BCUT2D eigenvalue weighted by molar-refractivity contribution is 0.0174. The number of ether oxygens (including phenoxy) is 2. The van der Waals surface area contributed by atoms with E-state index in [9.17, 15) is 9.59 Å².